The third kappa shape index (κ3) is 4.32. The number of para-hydroxylation sites is 1. The van der Waals surface area contributed by atoms with Crippen LogP contribution in [0.4, 0.5) is 5.69 Å². The molecule has 142 valence electrons. The van der Waals surface area contributed by atoms with Crippen molar-refractivity contribution in [2.75, 3.05) is 18.4 Å². The molecule has 1 saturated heterocycles. The van der Waals surface area contributed by atoms with Crippen molar-refractivity contribution in [3.05, 3.63) is 55.7 Å². The van der Waals surface area contributed by atoms with Crippen LogP contribution in [0.3, 0.4) is 0 Å². The summed E-state index contributed by atoms with van der Waals surface area (Å²) in [6.45, 7) is 1.41. The van der Waals surface area contributed by atoms with Crippen LogP contribution in [0.15, 0.2) is 24.3 Å². The van der Waals surface area contributed by atoms with E-state index in [-0.39, 0.29) is 31.8 Å². The highest BCUT2D eigenvalue weighted by Gasteiger charge is 2.24. The number of likely N-dealkylation sites (tertiary alicyclic amines) is 1. The lowest BCUT2D eigenvalue weighted by molar-refractivity contribution is 0.0725. The molecule has 2 amide bonds. The molecule has 3 rings (SSSR count). The van der Waals surface area contributed by atoms with Gasteiger partial charge >= 0.3 is 0 Å². The van der Waals surface area contributed by atoms with Gasteiger partial charge in [0, 0.05) is 13.1 Å². The van der Waals surface area contributed by atoms with E-state index in [4.69, 9.17) is 46.4 Å². The molecule has 9 heteroatoms. The van der Waals surface area contributed by atoms with Crippen LogP contribution in [0.2, 0.25) is 20.2 Å². The number of nitrogens with one attached hydrogen (secondary N) is 1. The highest BCUT2D eigenvalue weighted by atomic mass is 35.5. The van der Waals surface area contributed by atoms with E-state index < -0.39 is 5.91 Å². The molecule has 0 spiro atoms. The first-order valence-electron chi connectivity index (χ1n) is 8.29. The Morgan fingerprint density at radius 3 is 2.30 bits per heavy atom. The molecule has 0 unspecified atom stereocenters. The molecule has 1 fully saturated rings. The molecule has 0 aliphatic carbocycles. The lowest BCUT2D eigenvalue weighted by atomic mass is 10.1. The number of halogens is 4. The van der Waals surface area contributed by atoms with Gasteiger partial charge in [0.2, 0.25) is 0 Å². The summed E-state index contributed by atoms with van der Waals surface area (Å²) >= 11 is 23.8. The molecule has 2 heterocycles. The molecule has 27 heavy (non-hydrogen) atoms. The van der Waals surface area contributed by atoms with Gasteiger partial charge < -0.3 is 10.2 Å². The molecule has 1 aliphatic rings. The van der Waals surface area contributed by atoms with E-state index in [1.165, 1.54) is 0 Å². The second-order valence-corrected chi connectivity index (χ2v) is 7.54. The summed E-state index contributed by atoms with van der Waals surface area (Å²) in [4.78, 5) is 31.2. The van der Waals surface area contributed by atoms with Crippen LogP contribution in [-0.2, 0) is 0 Å². The van der Waals surface area contributed by atoms with E-state index in [0.717, 1.165) is 19.3 Å². The lowest BCUT2D eigenvalue weighted by Gasteiger charge is -2.27. The minimum absolute atomic E-state index is 0.0273. The van der Waals surface area contributed by atoms with Gasteiger partial charge in [-0.15, -0.1) is 0 Å². The Morgan fingerprint density at radius 2 is 1.59 bits per heavy atom. The van der Waals surface area contributed by atoms with Crippen LogP contribution in [-0.4, -0.2) is 34.8 Å². The average Bonchev–Trinajstić information content (AvgIpc) is 2.69. The van der Waals surface area contributed by atoms with Crippen molar-refractivity contribution in [3.8, 4) is 0 Å². The summed E-state index contributed by atoms with van der Waals surface area (Å²) < 4.78 is 0. The lowest BCUT2D eigenvalue weighted by Crippen LogP contribution is -2.36. The van der Waals surface area contributed by atoms with Gasteiger partial charge in [-0.3, -0.25) is 9.59 Å². The van der Waals surface area contributed by atoms with Gasteiger partial charge in [0.25, 0.3) is 11.8 Å². The smallest absolute Gasteiger partial charge is 0.275 e. The molecular weight excluding hydrogens is 432 g/mol. The van der Waals surface area contributed by atoms with Crippen molar-refractivity contribution in [3.63, 3.8) is 0 Å². The number of carbonyl (C=O) groups excluding carboxylic acids is 2. The standard InChI is InChI=1S/C18H15Cl4N3O2/c19-12-13(20)15(24-16(22)14(12)21)17(26)23-11-7-3-2-6-10(11)18(27)25-8-4-1-5-9-25/h2-3,6-7H,1,4-5,8-9H2,(H,23,26). The zero-order valence-corrected chi connectivity index (χ0v) is 17.1. The predicted molar refractivity (Wildman–Crippen MR) is 108 cm³/mol. The van der Waals surface area contributed by atoms with Crippen LogP contribution in [0.5, 0.6) is 0 Å². The number of hydrogen-bond acceptors (Lipinski definition) is 3. The van der Waals surface area contributed by atoms with E-state index in [1.54, 1.807) is 29.2 Å². The first kappa shape index (κ1) is 20.2. The first-order valence-corrected chi connectivity index (χ1v) is 9.81. The molecule has 5 nitrogen and oxygen atoms in total. The summed E-state index contributed by atoms with van der Waals surface area (Å²) in [6.07, 6.45) is 3.06. The Morgan fingerprint density at radius 1 is 0.926 bits per heavy atom. The number of nitrogens with zero attached hydrogens (tertiary/aromatic N) is 2. The van der Waals surface area contributed by atoms with Crippen molar-refractivity contribution in [1.82, 2.24) is 9.88 Å². The van der Waals surface area contributed by atoms with Gasteiger partial charge in [-0.2, -0.15) is 0 Å². The molecule has 0 radical (unpaired) electrons. The van der Waals surface area contributed by atoms with Crippen LogP contribution < -0.4 is 5.32 Å². The fourth-order valence-electron chi connectivity index (χ4n) is 2.87. The zero-order chi connectivity index (χ0) is 19.6. The number of amides is 2. The number of piperidine rings is 1. The maximum Gasteiger partial charge on any atom is 0.275 e. The number of benzene rings is 1. The Labute approximate surface area is 176 Å². The fraction of sp³-hybridized carbons (Fsp3) is 0.278. The first-order chi connectivity index (χ1) is 12.9. The molecule has 2 aromatic rings. The van der Waals surface area contributed by atoms with Crippen molar-refractivity contribution in [2.45, 2.75) is 19.3 Å². The van der Waals surface area contributed by atoms with Gasteiger partial charge in [0.05, 0.1) is 26.3 Å². The van der Waals surface area contributed by atoms with Gasteiger partial charge in [0.15, 0.2) is 0 Å². The Kier molecular flexibility index (Phi) is 6.48. The average molecular weight is 447 g/mol. The summed E-state index contributed by atoms with van der Waals surface area (Å²) in [5, 5.41) is 2.35. The minimum atomic E-state index is -0.639. The van der Waals surface area contributed by atoms with Gasteiger partial charge in [-0.25, -0.2) is 4.98 Å². The summed E-state index contributed by atoms with van der Waals surface area (Å²) in [7, 11) is 0. The Bertz CT molecular complexity index is 898. The van der Waals surface area contributed by atoms with Crippen molar-refractivity contribution >= 4 is 63.9 Å². The maximum absolute atomic E-state index is 12.8. The van der Waals surface area contributed by atoms with Crippen molar-refractivity contribution < 1.29 is 9.59 Å². The monoisotopic (exact) mass is 445 g/mol. The normalized spacial score (nSPS) is 14.1. The highest BCUT2D eigenvalue weighted by molar-refractivity contribution is 6.52. The van der Waals surface area contributed by atoms with Gasteiger partial charge in [0.1, 0.15) is 10.8 Å². The zero-order valence-electron chi connectivity index (χ0n) is 14.1. The molecule has 1 N–H and O–H groups in total. The third-order valence-corrected chi connectivity index (χ3v) is 5.93. The van der Waals surface area contributed by atoms with Crippen LogP contribution in [0.25, 0.3) is 0 Å². The van der Waals surface area contributed by atoms with Crippen LogP contribution >= 0.6 is 46.4 Å². The second kappa shape index (κ2) is 8.65. The Hall–Kier alpha value is -1.53. The number of anilines is 1. The molecule has 0 saturated carbocycles. The highest BCUT2D eigenvalue weighted by Crippen LogP contribution is 2.36. The van der Waals surface area contributed by atoms with E-state index >= 15 is 0 Å². The van der Waals surface area contributed by atoms with E-state index in [9.17, 15) is 9.59 Å². The topological polar surface area (TPSA) is 62.3 Å². The van der Waals surface area contributed by atoms with E-state index in [2.05, 4.69) is 10.3 Å². The van der Waals surface area contributed by atoms with E-state index in [0.29, 0.717) is 24.3 Å². The fourth-order valence-corrected chi connectivity index (χ4v) is 3.68. The van der Waals surface area contributed by atoms with Crippen molar-refractivity contribution in [1.29, 1.82) is 0 Å². The molecular formula is C18H15Cl4N3O2. The minimum Gasteiger partial charge on any atom is -0.339 e. The SMILES string of the molecule is O=C(Nc1ccccc1C(=O)N1CCCCC1)c1nc(Cl)c(Cl)c(Cl)c1Cl. The predicted octanol–water partition coefficient (Wildman–Crippen LogP) is 5.57. The number of rotatable bonds is 3. The number of aromatic nitrogens is 1. The van der Waals surface area contributed by atoms with E-state index in [1.807, 2.05) is 0 Å². The third-order valence-electron chi connectivity index (χ3n) is 4.25. The van der Waals surface area contributed by atoms with Gasteiger partial charge in [-0.05, 0) is 31.4 Å². The number of carbonyl (C=O) groups is 2. The maximum atomic E-state index is 12.8. The molecule has 0 atom stereocenters. The molecule has 0 bridgehead atoms. The Balaban J connectivity index is 1.88. The van der Waals surface area contributed by atoms with Crippen LogP contribution in [0, 0.1) is 0 Å². The van der Waals surface area contributed by atoms with Gasteiger partial charge in [-0.1, -0.05) is 58.5 Å². The molecule has 1 aromatic heterocycles. The summed E-state index contributed by atoms with van der Waals surface area (Å²) in [5.41, 5.74) is 0.587. The molecule has 1 aliphatic heterocycles. The molecule has 1 aromatic carbocycles. The summed E-state index contributed by atoms with van der Waals surface area (Å²) in [5.74, 6) is -0.767. The largest absolute Gasteiger partial charge is 0.339 e. The summed E-state index contributed by atoms with van der Waals surface area (Å²) in [6, 6.07) is 6.78. The second-order valence-electron chi connectivity index (χ2n) is 6.05. The quantitative estimate of drug-likeness (QED) is 0.626. The van der Waals surface area contributed by atoms with Crippen molar-refractivity contribution in [2.24, 2.45) is 0 Å². The number of hydrogen-bond donors (Lipinski definition) is 1. The van der Waals surface area contributed by atoms with Crippen LogP contribution in [0.1, 0.15) is 40.1 Å². The number of pyridine rings is 1.